The number of pyridine rings is 1. The smallest absolute Gasteiger partial charge is 0.227 e. The fraction of sp³-hybridized carbons (Fsp3) is 0.324. The molecule has 0 aliphatic carbocycles. The molecular weight excluding hydrogens is 627 g/mol. The van der Waals surface area contributed by atoms with Gasteiger partial charge in [-0.3, -0.25) is 9.88 Å². The van der Waals surface area contributed by atoms with Crippen LogP contribution in [0.1, 0.15) is 28.4 Å². The molecule has 10 heteroatoms. The van der Waals surface area contributed by atoms with Crippen LogP contribution >= 0.6 is 23.2 Å². The van der Waals surface area contributed by atoms with Crippen molar-refractivity contribution in [2.75, 3.05) is 74.5 Å². The molecule has 1 N–H and O–H groups in total. The molecule has 4 heterocycles. The zero-order valence-electron chi connectivity index (χ0n) is 26.9. The summed E-state index contributed by atoms with van der Waals surface area (Å²) in [5, 5.41) is 6.21. The maximum Gasteiger partial charge on any atom is 0.227 e. The zero-order valence-corrected chi connectivity index (χ0v) is 28.4. The lowest BCUT2D eigenvalue weighted by Crippen LogP contribution is -2.47. The van der Waals surface area contributed by atoms with Gasteiger partial charge in [-0.05, 0) is 67.1 Å². The number of piperazine rings is 2. The van der Waals surface area contributed by atoms with E-state index in [2.05, 4.69) is 86.3 Å². The van der Waals surface area contributed by atoms with Crippen LogP contribution in [0, 0.1) is 6.92 Å². The summed E-state index contributed by atoms with van der Waals surface area (Å²) in [5.41, 5.74) is 6.50. The maximum atomic E-state index is 6.26. The summed E-state index contributed by atoms with van der Waals surface area (Å²) in [6.07, 6.45) is 1.82. The third kappa shape index (κ3) is 7.47. The fourth-order valence-corrected chi connectivity index (χ4v) is 6.76. The normalized spacial score (nSPS) is 16.9. The molecule has 7 rings (SSSR count). The van der Waals surface area contributed by atoms with Crippen molar-refractivity contribution in [2.24, 2.45) is 0 Å². The molecule has 0 radical (unpaired) electrons. The van der Waals surface area contributed by atoms with Crippen molar-refractivity contribution >= 4 is 51.6 Å². The summed E-state index contributed by atoms with van der Waals surface area (Å²) >= 11 is 12.5. The first-order valence-corrected chi connectivity index (χ1v) is 17.1. The van der Waals surface area contributed by atoms with E-state index >= 15 is 0 Å². The molecule has 1 atom stereocenters. The Morgan fingerprint density at radius 1 is 0.723 bits per heavy atom. The first-order valence-electron chi connectivity index (χ1n) is 16.3. The SMILES string of the molecule is Cc1cc(N2CCN(Cc3ccc(C(Nc4ccnc5cc(Cl)ccc45)c4ccc(Cl)cc4)cc3)CC2)nc(N2CCN(C)CC2)n1. The van der Waals surface area contributed by atoms with Crippen LogP contribution in [0.25, 0.3) is 10.9 Å². The maximum absolute atomic E-state index is 6.26. The van der Waals surface area contributed by atoms with Gasteiger partial charge in [0.2, 0.25) is 5.95 Å². The van der Waals surface area contributed by atoms with Crippen molar-refractivity contribution < 1.29 is 0 Å². The van der Waals surface area contributed by atoms with Gasteiger partial charge in [-0.1, -0.05) is 59.6 Å². The first-order chi connectivity index (χ1) is 22.9. The second-order valence-electron chi connectivity index (χ2n) is 12.6. The van der Waals surface area contributed by atoms with Crippen LogP contribution in [0.2, 0.25) is 10.0 Å². The summed E-state index contributed by atoms with van der Waals surface area (Å²) in [4.78, 5) is 23.9. The van der Waals surface area contributed by atoms with Crippen molar-refractivity contribution in [3.05, 3.63) is 117 Å². The molecule has 242 valence electrons. The van der Waals surface area contributed by atoms with E-state index in [1.807, 2.05) is 42.6 Å². The Labute approximate surface area is 287 Å². The number of halogens is 2. The molecule has 47 heavy (non-hydrogen) atoms. The fourth-order valence-electron chi connectivity index (χ4n) is 6.47. The molecule has 0 saturated carbocycles. The molecule has 2 aromatic heterocycles. The highest BCUT2D eigenvalue weighted by Crippen LogP contribution is 2.32. The van der Waals surface area contributed by atoms with Crippen molar-refractivity contribution in [2.45, 2.75) is 19.5 Å². The molecule has 1 unspecified atom stereocenters. The topological polar surface area (TPSA) is 63.7 Å². The number of likely N-dealkylation sites (N-methyl/N-ethyl adjacent to an activating group) is 1. The van der Waals surface area contributed by atoms with E-state index in [0.717, 1.165) is 104 Å². The van der Waals surface area contributed by atoms with Gasteiger partial charge in [0.05, 0.1) is 11.6 Å². The van der Waals surface area contributed by atoms with Crippen molar-refractivity contribution in [3.63, 3.8) is 0 Å². The summed E-state index contributed by atoms with van der Waals surface area (Å²) < 4.78 is 0. The summed E-state index contributed by atoms with van der Waals surface area (Å²) in [6, 6.07) is 26.9. The Hall–Kier alpha value is -3.95. The number of benzene rings is 3. The standard InChI is InChI=1S/C37H40Cl2N8/c1-26-23-35(43-37(41-26)47-19-15-44(2)16-20-47)46-21-17-45(18-22-46)25-27-3-5-28(6-4-27)36(29-7-9-30(38)10-8-29)42-33-13-14-40-34-24-31(39)11-12-32(33)34/h3-14,23-24,36H,15-22,25H2,1-2H3,(H,40,42). The average Bonchev–Trinajstić information content (AvgIpc) is 3.08. The number of aryl methyl sites for hydroxylation is 1. The van der Waals surface area contributed by atoms with Gasteiger partial charge < -0.3 is 20.0 Å². The Balaban J connectivity index is 1.03. The van der Waals surface area contributed by atoms with E-state index in [9.17, 15) is 0 Å². The number of anilines is 3. The van der Waals surface area contributed by atoms with Gasteiger partial charge >= 0.3 is 0 Å². The number of aromatic nitrogens is 3. The Morgan fingerprint density at radius 2 is 1.38 bits per heavy atom. The Morgan fingerprint density at radius 3 is 2.11 bits per heavy atom. The second kappa shape index (κ2) is 14.0. The predicted molar refractivity (Wildman–Crippen MR) is 194 cm³/mol. The average molecular weight is 668 g/mol. The van der Waals surface area contributed by atoms with Crippen LogP contribution in [-0.2, 0) is 6.54 Å². The van der Waals surface area contributed by atoms with Gasteiger partial charge in [0.15, 0.2) is 0 Å². The van der Waals surface area contributed by atoms with E-state index in [4.69, 9.17) is 33.2 Å². The van der Waals surface area contributed by atoms with E-state index in [0.29, 0.717) is 5.02 Å². The molecule has 0 spiro atoms. The van der Waals surface area contributed by atoms with E-state index in [-0.39, 0.29) is 6.04 Å². The van der Waals surface area contributed by atoms with Gasteiger partial charge in [0.25, 0.3) is 0 Å². The number of hydrogen-bond acceptors (Lipinski definition) is 8. The molecule has 8 nitrogen and oxygen atoms in total. The van der Waals surface area contributed by atoms with Gasteiger partial charge in [-0.25, -0.2) is 4.98 Å². The van der Waals surface area contributed by atoms with Crippen LogP contribution < -0.4 is 15.1 Å². The van der Waals surface area contributed by atoms with Crippen LogP contribution in [0.3, 0.4) is 0 Å². The van der Waals surface area contributed by atoms with Crippen LogP contribution in [-0.4, -0.2) is 84.2 Å². The van der Waals surface area contributed by atoms with Crippen molar-refractivity contribution in [1.29, 1.82) is 0 Å². The summed E-state index contributed by atoms with van der Waals surface area (Å²) in [7, 11) is 2.17. The Bertz CT molecular complexity index is 1820. The van der Waals surface area contributed by atoms with Crippen molar-refractivity contribution in [3.8, 4) is 0 Å². The molecular formula is C37H40Cl2N8. The van der Waals surface area contributed by atoms with Crippen molar-refractivity contribution in [1.82, 2.24) is 24.8 Å². The molecule has 0 amide bonds. The number of fused-ring (bicyclic) bond motifs is 1. The third-order valence-electron chi connectivity index (χ3n) is 9.24. The summed E-state index contributed by atoms with van der Waals surface area (Å²) in [5.74, 6) is 1.91. The predicted octanol–water partition coefficient (Wildman–Crippen LogP) is 6.92. The van der Waals surface area contributed by atoms with E-state index in [1.165, 1.54) is 11.1 Å². The van der Waals surface area contributed by atoms with Crippen LogP contribution in [0.15, 0.2) is 85.1 Å². The molecule has 2 fully saturated rings. The minimum atomic E-state index is -0.0711. The monoisotopic (exact) mass is 666 g/mol. The number of rotatable bonds is 8. The van der Waals surface area contributed by atoms with E-state index in [1.54, 1.807) is 0 Å². The lowest BCUT2D eigenvalue weighted by atomic mass is 9.97. The minimum Gasteiger partial charge on any atom is -0.374 e. The lowest BCUT2D eigenvalue weighted by Gasteiger charge is -2.36. The van der Waals surface area contributed by atoms with Gasteiger partial charge in [-0.2, -0.15) is 4.98 Å². The molecule has 5 aromatic rings. The lowest BCUT2D eigenvalue weighted by molar-refractivity contribution is 0.249. The van der Waals surface area contributed by atoms with E-state index < -0.39 is 0 Å². The second-order valence-corrected chi connectivity index (χ2v) is 13.5. The number of nitrogens with zero attached hydrogens (tertiary/aromatic N) is 7. The Kier molecular flexibility index (Phi) is 9.45. The quantitative estimate of drug-likeness (QED) is 0.192. The molecule has 2 saturated heterocycles. The first kappa shape index (κ1) is 31.6. The highest BCUT2D eigenvalue weighted by atomic mass is 35.5. The number of nitrogens with one attached hydrogen (secondary N) is 1. The highest BCUT2D eigenvalue weighted by Gasteiger charge is 2.22. The summed E-state index contributed by atoms with van der Waals surface area (Å²) in [6.45, 7) is 10.9. The molecule has 2 aliphatic heterocycles. The zero-order chi connectivity index (χ0) is 32.3. The largest absolute Gasteiger partial charge is 0.374 e. The van der Waals surface area contributed by atoms with Gasteiger partial charge in [-0.15, -0.1) is 0 Å². The minimum absolute atomic E-state index is 0.0711. The van der Waals surface area contributed by atoms with Crippen LogP contribution in [0.4, 0.5) is 17.5 Å². The molecule has 3 aromatic carbocycles. The van der Waals surface area contributed by atoms with Gasteiger partial charge in [0, 0.05) is 98.0 Å². The van der Waals surface area contributed by atoms with Gasteiger partial charge in [0.1, 0.15) is 5.82 Å². The highest BCUT2D eigenvalue weighted by molar-refractivity contribution is 6.31. The molecule has 2 aliphatic rings. The molecule has 0 bridgehead atoms. The number of hydrogen-bond donors (Lipinski definition) is 1. The van der Waals surface area contributed by atoms with Crippen LogP contribution in [0.5, 0.6) is 0 Å². The third-order valence-corrected chi connectivity index (χ3v) is 9.73.